The van der Waals surface area contributed by atoms with E-state index >= 15 is 0 Å². The average Bonchev–Trinajstić information content (AvgIpc) is 3.45. The van der Waals surface area contributed by atoms with Crippen LogP contribution in [0.5, 0.6) is 0 Å². The first-order valence-electron chi connectivity index (χ1n) is 13.9. The van der Waals surface area contributed by atoms with Crippen molar-refractivity contribution in [3.8, 4) is 0 Å². The summed E-state index contributed by atoms with van der Waals surface area (Å²) in [6.07, 6.45) is 1.96. The zero-order valence-corrected chi connectivity index (χ0v) is 26.2. The van der Waals surface area contributed by atoms with Crippen LogP contribution in [0.25, 0.3) is 5.57 Å². The first-order chi connectivity index (χ1) is 21.1. The normalized spacial score (nSPS) is 18.1. The lowest BCUT2D eigenvalue weighted by atomic mass is 10.0. The van der Waals surface area contributed by atoms with Crippen LogP contribution in [0.15, 0.2) is 83.9 Å². The fraction of sp³-hybridized carbons (Fsp3) is 0.281. The number of hydrogen-bond donors (Lipinski definition) is 2. The maximum Gasteiger partial charge on any atom is 0.413 e. The Balaban J connectivity index is 1.24. The van der Waals surface area contributed by atoms with Crippen molar-refractivity contribution in [2.24, 2.45) is 0 Å². The van der Waals surface area contributed by atoms with E-state index in [9.17, 15) is 19.2 Å². The van der Waals surface area contributed by atoms with Crippen LogP contribution in [0.2, 0.25) is 0 Å². The Morgan fingerprint density at radius 3 is 2.27 bits per heavy atom. The van der Waals surface area contributed by atoms with E-state index in [0.717, 1.165) is 22.5 Å². The van der Waals surface area contributed by atoms with Crippen molar-refractivity contribution in [3.05, 3.63) is 101 Å². The number of hydrogen-bond acceptors (Lipinski definition) is 9. The summed E-state index contributed by atoms with van der Waals surface area (Å²) >= 11 is 2.59. The minimum Gasteiger partial charge on any atom is -0.448 e. The summed E-state index contributed by atoms with van der Waals surface area (Å²) < 4.78 is 11.3. The topological polar surface area (TPSA) is 127 Å². The van der Waals surface area contributed by atoms with Crippen LogP contribution in [0.1, 0.15) is 50.6 Å². The molecule has 0 radical (unpaired) electrons. The molecule has 2 aliphatic rings. The number of benzene rings is 2. The van der Waals surface area contributed by atoms with E-state index in [4.69, 9.17) is 9.47 Å². The third-order valence-electron chi connectivity index (χ3n) is 6.69. The van der Waals surface area contributed by atoms with E-state index in [0.29, 0.717) is 11.4 Å². The van der Waals surface area contributed by atoms with Gasteiger partial charge in [-0.25, -0.2) is 14.6 Å². The Morgan fingerprint density at radius 1 is 1.05 bits per heavy atom. The Labute approximate surface area is 263 Å². The Bertz CT molecular complexity index is 1570. The van der Waals surface area contributed by atoms with E-state index in [1.807, 2.05) is 60.7 Å². The molecule has 1 unspecified atom stereocenters. The number of esters is 1. The number of thiazole rings is 1. The molecule has 0 spiro atoms. The second kappa shape index (κ2) is 13.1. The van der Waals surface area contributed by atoms with Crippen molar-refractivity contribution < 1.29 is 28.7 Å². The van der Waals surface area contributed by atoms with Crippen molar-refractivity contribution in [3.63, 3.8) is 0 Å². The number of β-lactam (4-membered cyclic amide) rings is 1. The SMILES string of the molecule is C/C=C(\C(=O)NC1C(=O)N2C(C(=O)OC(c3ccccc3)c3ccccc3)=CCS[C@H]12)c1csc(NC(=O)OC(C)(C)C)n1. The number of fused-ring (bicyclic) bond motifs is 1. The smallest absolute Gasteiger partial charge is 0.413 e. The van der Waals surface area contributed by atoms with E-state index in [1.165, 1.54) is 16.7 Å². The van der Waals surface area contributed by atoms with Gasteiger partial charge in [-0.2, -0.15) is 0 Å². The lowest BCUT2D eigenvalue weighted by molar-refractivity contribution is -0.154. The second-order valence-corrected chi connectivity index (χ2v) is 13.0. The summed E-state index contributed by atoms with van der Waals surface area (Å²) in [4.78, 5) is 57.9. The third-order valence-corrected chi connectivity index (χ3v) is 8.63. The molecular weight excluding hydrogens is 601 g/mol. The Hall–Kier alpha value is -4.42. The highest BCUT2D eigenvalue weighted by Gasteiger charge is 2.53. The third kappa shape index (κ3) is 6.87. The van der Waals surface area contributed by atoms with Gasteiger partial charge in [-0.3, -0.25) is 19.8 Å². The van der Waals surface area contributed by atoms with Crippen molar-refractivity contribution >= 4 is 57.7 Å². The number of nitrogens with zero attached hydrogens (tertiary/aromatic N) is 2. The van der Waals surface area contributed by atoms with E-state index in [2.05, 4.69) is 15.6 Å². The van der Waals surface area contributed by atoms with Gasteiger partial charge in [0.25, 0.3) is 11.8 Å². The van der Waals surface area contributed by atoms with Crippen molar-refractivity contribution in [2.45, 2.75) is 50.8 Å². The first kappa shape index (κ1) is 31.0. The molecule has 44 heavy (non-hydrogen) atoms. The van der Waals surface area contributed by atoms with Gasteiger partial charge in [-0.05, 0) is 44.9 Å². The van der Waals surface area contributed by atoms with Gasteiger partial charge in [-0.15, -0.1) is 23.1 Å². The summed E-state index contributed by atoms with van der Waals surface area (Å²) in [6.45, 7) is 6.95. The summed E-state index contributed by atoms with van der Waals surface area (Å²) in [5.74, 6) is -1.05. The lowest BCUT2D eigenvalue weighted by Crippen LogP contribution is -2.70. The molecule has 2 atom stereocenters. The van der Waals surface area contributed by atoms with Gasteiger partial charge in [-0.1, -0.05) is 66.7 Å². The second-order valence-electron chi connectivity index (χ2n) is 10.9. The number of carbonyl (C=O) groups is 4. The molecule has 3 aromatic rings. The average molecular weight is 633 g/mol. The molecule has 1 saturated heterocycles. The predicted octanol–water partition coefficient (Wildman–Crippen LogP) is 5.51. The Morgan fingerprint density at radius 2 is 1.68 bits per heavy atom. The molecule has 228 valence electrons. The molecule has 3 amide bonds. The number of nitrogens with one attached hydrogen (secondary N) is 2. The highest BCUT2D eigenvalue weighted by Crippen LogP contribution is 2.39. The van der Waals surface area contributed by atoms with Crippen LogP contribution >= 0.6 is 23.1 Å². The maximum absolute atomic E-state index is 13.5. The molecule has 1 aromatic heterocycles. The Kier molecular flexibility index (Phi) is 9.21. The number of carbonyl (C=O) groups excluding carboxylic acids is 4. The fourth-order valence-corrected chi connectivity index (χ4v) is 6.63. The van der Waals surface area contributed by atoms with Gasteiger partial charge in [0, 0.05) is 11.1 Å². The maximum atomic E-state index is 13.5. The minimum atomic E-state index is -0.837. The quantitative estimate of drug-likeness (QED) is 0.189. The van der Waals surface area contributed by atoms with Crippen molar-refractivity contribution in [2.75, 3.05) is 11.1 Å². The van der Waals surface area contributed by atoms with Crippen molar-refractivity contribution in [1.82, 2.24) is 15.2 Å². The number of aromatic nitrogens is 1. The van der Waals surface area contributed by atoms with Gasteiger partial charge in [0.05, 0.1) is 11.3 Å². The molecule has 12 heteroatoms. The van der Waals surface area contributed by atoms with Gasteiger partial charge < -0.3 is 14.8 Å². The van der Waals surface area contributed by atoms with Crippen molar-refractivity contribution in [1.29, 1.82) is 0 Å². The molecule has 3 heterocycles. The van der Waals surface area contributed by atoms with Gasteiger partial charge >= 0.3 is 12.1 Å². The summed E-state index contributed by atoms with van der Waals surface area (Å²) in [5, 5.41) is 6.81. The predicted molar refractivity (Wildman–Crippen MR) is 170 cm³/mol. The highest BCUT2D eigenvalue weighted by molar-refractivity contribution is 8.00. The molecule has 10 nitrogen and oxygen atoms in total. The van der Waals surface area contributed by atoms with Crippen LogP contribution in [0.4, 0.5) is 9.93 Å². The molecule has 2 aliphatic heterocycles. The number of ether oxygens (including phenoxy) is 2. The first-order valence-corrected chi connectivity index (χ1v) is 15.9. The molecule has 1 fully saturated rings. The van der Waals surface area contributed by atoms with Crippen LogP contribution in [0.3, 0.4) is 0 Å². The number of anilines is 1. The molecule has 2 aromatic carbocycles. The molecule has 0 aliphatic carbocycles. The standard InChI is InChI=1S/C32H32N4O6S2/c1-5-21(22-18-44-30(33-22)35-31(40)42-32(2,3)4)26(37)34-24-27(38)36-23(16-17-43-28(24)36)29(39)41-25(19-12-8-6-9-13-19)20-14-10-7-11-15-20/h5-16,18,24-25,28H,17H2,1-4H3,(H,34,37)(H,33,35,40)/b21-5-/t24?,28-/m1/s1. The van der Waals surface area contributed by atoms with E-state index in [-0.39, 0.29) is 16.4 Å². The van der Waals surface area contributed by atoms with Gasteiger partial charge in [0.2, 0.25) is 0 Å². The molecule has 0 bridgehead atoms. The lowest BCUT2D eigenvalue weighted by Gasteiger charge is -2.48. The number of amides is 3. The minimum absolute atomic E-state index is 0.157. The van der Waals surface area contributed by atoms with Gasteiger partial charge in [0.15, 0.2) is 11.2 Å². The monoisotopic (exact) mass is 632 g/mol. The summed E-state index contributed by atoms with van der Waals surface area (Å²) in [6, 6.07) is 18.0. The zero-order valence-electron chi connectivity index (χ0n) is 24.6. The molecular formula is C32H32N4O6S2. The summed E-state index contributed by atoms with van der Waals surface area (Å²) in [7, 11) is 0. The van der Waals surface area contributed by atoms with E-state index < -0.39 is 47.0 Å². The number of thioether (sulfide) groups is 1. The molecule has 5 rings (SSSR count). The highest BCUT2D eigenvalue weighted by atomic mass is 32.2. The van der Waals surface area contributed by atoms with Crippen LogP contribution < -0.4 is 10.6 Å². The largest absolute Gasteiger partial charge is 0.448 e. The fourth-order valence-electron chi connectivity index (χ4n) is 4.74. The number of allylic oxidation sites excluding steroid dienone is 1. The molecule has 0 saturated carbocycles. The van der Waals surface area contributed by atoms with Crippen LogP contribution in [0, 0.1) is 0 Å². The van der Waals surface area contributed by atoms with Gasteiger partial charge in [0.1, 0.15) is 22.7 Å². The molecule has 2 N–H and O–H groups in total. The van der Waals surface area contributed by atoms with Crippen LogP contribution in [-0.4, -0.2) is 56.5 Å². The zero-order chi connectivity index (χ0) is 31.4. The number of rotatable bonds is 8. The summed E-state index contributed by atoms with van der Waals surface area (Å²) in [5.41, 5.74) is 1.69. The van der Waals surface area contributed by atoms with E-state index in [1.54, 1.807) is 45.2 Å². The van der Waals surface area contributed by atoms with Crippen LogP contribution in [-0.2, 0) is 23.9 Å².